The van der Waals surface area contributed by atoms with E-state index < -0.39 is 12.0 Å². The van der Waals surface area contributed by atoms with Crippen LogP contribution in [0, 0.1) is 5.92 Å². The van der Waals surface area contributed by atoms with E-state index in [9.17, 15) is 14.7 Å². The van der Waals surface area contributed by atoms with E-state index in [-0.39, 0.29) is 18.9 Å². The summed E-state index contributed by atoms with van der Waals surface area (Å²) in [7, 11) is 0. The quantitative estimate of drug-likeness (QED) is 0.0441. The maximum Gasteiger partial charge on any atom is 0.326 e. The number of carboxylic acid groups (broad SMARTS) is 1. The smallest absolute Gasteiger partial charge is 0.326 e. The molecule has 0 bridgehead atoms. The van der Waals surface area contributed by atoms with Crippen molar-refractivity contribution in [3.8, 4) is 0 Å². The Labute approximate surface area is 272 Å². The molecule has 1 aliphatic carbocycles. The Bertz CT molecular complexity index is 770. The van der Waals surface area contributed by atoms with Gasteiger partial charge in [-0.1, -0.05) is 37.2 Å². The summed E-state index contributed by atoms with van der Waals surface area (Å²) in [5, 5.41) is 15.4. The zero-order valence-corrected chi connectivity index (χ0v) is 27.3. The highest BCUT2D eigenvalue weighted by atomic mass is 16.6. The molecular formula is C30H56N4O12. The summed E-state index contributed by atoms with van der Waals surface area (Å²) in [4.78, 5) is 26.3. The lowest BCUT2D eigenvalue weighted by Gasteiger charge is -2.25. The second-order valence-electron chi connectivity index (χ2n) is 10.4. The fraction of sp³-hybridized carbons (Fsp3) is 0.933. The minimum atomic E-state index is -0.979. The van der Waals surface area contributed by atoms with Crippen molar-refractivity contribution in [1.82, 2.24) is 5.32 Å². The Morgan fingerprint density at radius 1 is 0.630 bits per heavy atom. The van der Waals surface area contributed by atoms with Crippen molar-refractivity contribution in [3.05, 3.63) is 10.4 Å². The van der Waals surface area contributed by atoms with Crippen molar-refractivity contribution in [2.75, 3.05) is 125 Å². The van der Waals surface area contributed by atoms with Crippen LogP contribution >= 0.6 is 0 Å². The monoisotopic (exact) mass is 664 g/mol. The summed E-state index contributed by atoms with van der Waals surface area (Å²) in [5.41, 5.74) is 8.13. The average molecular weight is 665 g/mol. The molecular weight excluding hydrogens is 608 g/mol. The fourth-order valence-corrected chi connectivity index (χ4v) is 4.42. The first-order valence-corrected chi connectivity index (χ1v) is 16.4. The predicted molar refractivity (Wildman–Crippen MR) is 167 cm³/mol. The van der Waals surface area contributed by atoms with E-state index in [0.29, 0.717) is 131 Å². The van der Waals surface area contributed by atoms with Crippen LogP contribution in [0.4, 0.5) is 0 Å². The summed E-state index contributed by atoms with van der Waals surface area (Å²) < 4.78 is 48.6. The molecule has 0 radical (unpaired) electrons. The molecule has 0 spiro atoms. The molecule has 1 rings (SSSR count). The van der Waals surface area contributed by atoms with Crippen LogP contribution in [-0.2, 0) is 52.2 Å². The van der Waals surface area contributed by atoms with Crippen molar-refractivity contribution < 1.29 is 57.3 Å². The molecule has 0 aliphatic heterocycles. The number of ether oxygens (including phenoxy) is 9. The number of rotatable bonds is 34. The molecule has 0 saturated heterocycles. The van der Waals surface area contributed by atoms with Crippen molar-refractivity contribution >= 4 is 11.9 Å². The molecule has 46 heavy (non-hydrogen) atoms. The number of hydrogen-bond donors (Lipinski definition) is 2. The van der Waals surface area contributed by atoms with Gasteiger partial charge >= 0.3 is 5.97 Å². The van der Waals surface area contributed by atoms with Gasteiger partial charge < -0.3 is 53.1 Å². The van der Waals surface area contributed by atoms with Crippen LogP contribution in [0.3, 0.4) is 0 Å². The van der Waals surface area contributed by atoms with E-state index in [2.05, 4.69) is 15.3 Å². The third kappa shape index (κ3) is 28.1. The van der Waals surface area contributed by atoms with Crippen molar-refractivity contribution in [2.45, 2.75) is 51.0 Å². The molecule has 268 valence electrons. The second kappa shape index (κ2) is 32.8. The van der Waals surface area contributed by atoms with Gasteiger partial charge in [0.2, 0.25) is 5.91 Å². The van der Waals surface area contributed by atoms with E-state index in [1.165, 1.54) is 6.42 Å². The van der Waals surface area contributed by atoms with Gasteiger partial charge in [0.25, 0.3) is 0 Å². The number of nitrogens with zero attached hydrogens (tertiary/aromatic N) is 3. The number of nitrogens with one attached hydrogen (secondary N) is 1. The van der Waals surface area contributed by atoms with Crippen LogP contribution < -0.4 is 5.32 Å². The average Bonchev–Trinajstić information content (AvgIpc) is 3.05. The maximum absolute atomic E-state index is 12.1. The SMILES string of the molecule is [N-]=[N+]=NCCOCCOCCOCCOCCOCCOCCOCCOCCOCCC(=O)N[C@@H](CC1CCCCC1)C(=O)O. The van der Waals surface area contributed by atoms with Crippen LogP contribution in [0.15, 0.2) is 5.11 Å². The van der Waals surface area contributed by atoms with E-state index >= 15 is 0 Å². The molecule has 16 heteroatoms. The highest BCUT2D eigenvalue weighted by molar-refractivity contribution is 5.83. The van der Waals surface area contributed by atoms with Gasteiger partial charge in [-0.2, -0.15) is 0 Å². The molecule has 1 fully saturated rings. The molecule has 2 N–H and O–H groups in total. The topological polar surface area (TPSA) is 198 Å². The number of carboxylic acids is 1. The van der Waals surface area contributed by atoms with Gasteiger partial charge in [0.1, 0.15) is 6.04 Å². The van der Waals surface area contributed by atoms with Crippen LogP contribution in [-0.4, -0.2) is 148 Å². The number of azide groups is 1. The second-order valence-corrected chi connectivity index (χ2v) is 10.4. The summed E-state index contributed by atoms with van der Waals surface area (Å²) in [6.45, 7) is 8.11. The third-order valence-electron chi connectivity index (χ3n) is 6.78. The summed E-state index contributed by atoms with van der Waals surface area (Å²) in [6.07, 6.45) is 6.16. The molecule has 0 unspecified atom stereocenters. The lowest BCUT2D eigenvalue weighted by molar-refractivity contribution is -0.142. The Kier molecular flexibility index (Phi) is 29.9. The maximum atomic E-state index is 12.1. The van der Waals surface area contributed by atoms with Gasteiger partial charge in [0.15, 0.2) is 0 Å². The van der Waals surface area contributed by atoms with Crippen LogP contribution in [0.1, 0.15) is 44.9 Å². The minimum absolute atomic E-state index is 0.117. The minimum Gasteiger partial charge on any atom is -0.480 e. The van der Waals surface area contributed by atoms with Crippen molar-refractivity contribution in [2.24, 2.45) is 11.0 Å². The molecule has 1 saturated carbocycles. The van der Waals surface area contributed by atoms with Gasteiger partial charge in [0, 0.05) is 17.9 Å². The van der Waals surface area contributed by atoms with E-state index in [0.717, 1.165) is 25.7 Å². The van der Waals surface area contributed by atoms with Gasteiger partial charge in [0.05, 0.1) is 119 Å². The number of amides is 1. The molecule has 1 aliphatic rings. The zero-order chi connectivity index (χ0) is 33.2. The molecule has 0 heterocycles. The molecule has 16 nitrogen and oxygen atoms in total. The number of aliphatic carboxylic acids is 1. The van der Waals surface area contributed by atoms with E-state index in [1.807, 2.05) is 0 Å². The Hall–Kier alpha value is -2.11. The van der Waals surface area contributed by atoms with E-state index in [1.54, 1.807) is 0 Å². The first-order valence-electron chi connectivity index (χ1n) is 16.4. The van der Waals surface area contributed by atoms with Gasteiger partial charge in [-0.3, -0.25) is 4.79 Å². The summed E-state index contributed by atoms with van der Waals surface area (Å²) >= 11 is 0. The van der Waals surface area contributed by atoms with Gasteiger partial charge in [-0.25, -0.2) is 4.79 Å². The zero-order valence-electron chi connectivity index (χ0n) is 27.3. The van der Waals surface area contributed by atoms with Crippen molar-refractivity contribution in [1.29, 1.82) is 0 Å². The number of carbonyl (C=O) groups excluding carboxylic acids is 1. The van der Waals surface area contributed by atoms with Crippen LogP contribution in [0.25, 0.3) is 10.4 Å². The third-order valence-corrected chi connectivity index (χ3v) is 6.78. The van der Waals surface area contributed by atoms with E-state index in [4.69, 9.17) is 48.2 Å². The molecule has 0 aromatic carbocycles. The standard InChI is InChI=1S/C30H56N4O12/c31-34-32-7-9-39-11-13-41-15-17-43-19-21-45-23-25-46-24-22-44-20-18-42-16-14-40-12-10-38-8-6-29(35)33-28(30(36)37)26-27-4-2-1-3-5-27/h27-28H,1-26H2,(H,33,35)(H,36,37)/t28-/m0/s1. The molecule has 0 aromatic heterocycles. The molecule has 1 atom stereocenters. The first kappa shape index (κ1) is 41.9. The van der Waals surface area contributed by atoms with Crippen LogP contribution in [0.5, 0.6) is 0 Å². The van der Waals surface area contributed by atoms with Gasteiger partial charge in [-0.05, 0) is 17.9 Å². The number of carbonyl (C=O) groups is 2. The highest BCUT2D eigenvalue weighted by Gasteiger charge is 2.25. The van der Waals surface area contributed by atoms with Crippen molar-refractivity contribution in [3.63, 3.8) is 0 Å². The largest absolute Gasteiger partial charge is 0.480 e. The lowest BCUT2D eigenvalue weighted by Crippen LogP contribution is -2.42. The summed E-state index contributed by atoms with van der Waals surface area (Å²) in [6, 6.07) is -0.833. The normalized spacial score (nSPS) is 14.2. The van der Waals surface area contributed by atoms with Gasteiger partial charge in [-0.15, -0.1) is 0 Å². The predicted octanol–water partition coefficient (Wildman–Crippen LogP) is 2.38. The lowest BCUT2D eigenvalue weighted by atomic mass is 9.85. The molecule has 0 aromatic rings. The molecule has 1 amide bonds. The Morgan fingerprint density at radius 2 is 1.00 bits per heavy atom. The Balaban J connectivity index is 1.73. The number of hydrogen-bond acceptors (Lipinski definition) is 12. The van der Waals surface area contributed by atoms with Crippen LogP contribution in [0.2, 0.25) is 0 Å². The summed E-state index contributed by atoms with van der Waals surface area (Å²) in [5.74, 6) is -0.916. The first-order chi connectivity index (χ1) is 22.6. The Morgan fingerprint density at radius 3 is 1.37 bits per heavy atom. The fourth-order valence-electron chi connectivity index (χ4n) is 4.42. The highest BCUT2D eigenvalue weighted by Crippen LogP contribution is 2.27.